The van der Waals surface area contributed by atoms with Crippen LogP contribution in [0.1, 0.15) is 31.5 Å². The van der Waals surface area contributed by atoms with Gasteiger partial charge in [-0.05, 0) is 39.8 Å². The summed E-state index contributed by atoms with van der Waals surface area (Å²) in [4.78, 5) is 6.77. The van der Waals surface area contributed by atoms with Crippen molar-refractivity contribution in [3.05, 3.63) is 17.2 Å². The van der Waals surface area contributed by atoms with Crippen LogP contribution in [0, 0.1) is 0 Å². The highest BCUT2D eigenvalue weighted by molar-refractivity contribution is 6.29. The maximum atomic E-state index is 6.01. The number of halogens is 1. The van der Waals surface area contributed by atoms with Gasteiger partial charge in [-0.2, -0.15) is 0 Å². The smallest absolute Gasteiger partial charge is 0.128 e. The summed E-state index contributed by atoms with van der Waals surface area (Å²) in [5, 5.41) is 4.08. The summed E-state index contributed by atoms with van der Waals surface area (Å²) >= 11 is 6.01. The molecule has 102 valence electrons. The molecule has 4 nitrogen and oxygen atoms in total. The third kappa shape index (κ3) is 3.05. The van der Waals surface area contributed by atoms with E-state index in [4.69, 9.17) is 11.6 Å². The molecule has 0 unspecified atom stereocenters. The lowest BCUT2D eigenvalue weighted by atomic mass is 9.90. The molecule has 1 aromatic rings. The summed E-state index contributed by atoms with van der Waals surface area (Å²) in [6.07, 6.45) is 6.79. The van der Waals surface area contributed by atoms with Crippen LogP contribution in [0.25, 0.3) is 0 Å². The van der Waals surface area contributed by atoms with E-state index in [-0.39, 0.29) is 0 Å². The van der Waals surface area contributed by atoms with Crippen molar-refractivity contribution < 1.29 is 0 Å². The quantitative estimate of drug-likeness (QED) is 0.909. The molecule has 1 aliphatic carbocycles. The number of nitrogens with one attached hydrogen (secondary N) is 1. The molecule has 0 aromatic carbocycles. The summed E-state index contributed by atoms with van der Waals surface area (Å²) < 4.78 is 1.96. The highest BCUT2D eigenvalue weighted by Crippen LogP contribution is 2.23. The van der Waals surface area contributed by atoms with Gasteiger partial charge in [-0.3, -0.25) is 4.90 Å². The largest absolute Gasteiger partial charge is 0.321 e. The number of rotatable bonds is 4. The fourth-order valence-corrected chi connectivity index (χ4v) is 2.87. The molecule has 1 saturated carbocycles. The minimum atomic E-state index is 0.671. The lowest BCUT2D eigenvalue weighted by Gasteiger charge is -2.34. The monoisotopic (exact) mass is 270 g/mol. The average molecular weight is 271 g/mol. The van der Waals surface area contributed by atoms with E-state index in [0.29, 0.717) is 17.2 Å². The Balaban J connectivity index is 1.89. The lowest BCUT2D eigenvalue weighted by Crippen LogP contribution is -2.39. The van der Waals surface area contributed by atoms with Crippen molar-refractivity contribution >= 4 is 11.6 Å². The molecular formula is C13H23ClN4. The van der Waals surface area contributed by atoms with Crippen molar-refractivity contribution in [3.63, 3.8) is 0 Å². The topological polar surface area (TPSA) is 33.1 Å². The molecule has 2 rings (SSSR count). The maximum absolute atomic E-state index is 6.01. The summed E-state index contributed by atoms with van der Waals surface area (Å²) in [5.74, 6) is 1.04. The van der Waals surface area contributed by atoms with Gasteiger partial charge in [0.25, 0.3) is 0 Å². The van der Waals surface area contributed by atoms with E-state index >= 15 is 0 Å². The molecule has 0 saturated heterocycles. The van der Waals surface area contributed by atoms with Crippen LogP contribution < -0.4 is 5.32 Å². The second kappa shape index (κ2) is 6.04. The van der Waals surface area contributed by atoms with Crippen molar-refractivity contribution in [1.82, 2.24) is 19.8 Å². The predicted octanol–water partition coefficient (Wildman–Crippen LogP) is 2.04. The molecule has 5 heteroatoms. The maximum Gasteiger partial charge on any atom is 0.128 e. The molecule has 0 spiro atoms. The van der Waals surface area contributed by atoms with Crippen molar-refractivity contribution in [2.24, 2.45) is 7.05 Å². The Bertz CT molecular complexity index is 382. The Morgan fingerprint density at radius 2 is 2.11 bits per heavy atom. The van der Waals surface area contributed by atoms with Crippen LogP contribution in [0.15, 0.2) is 6.20 Å². The molecule has 0 amide bonds. The molecule has 0 atom stereocenters. The Morgan fingerprint density at radius 3 is 2.61 bits per heavy atom. The van der Waals surface area contributed by atoms with Crippen LogP contribution >= 0.6 is 11.6 Å². The van der Waals surface area contributed by atoms with Gasteiger partial charge >= 0.3 is 0 Å². The third-order valence-electron chi connectivity index (χ3n) is 4.15. The van der Waals surface area contributed by atoms with Gasteiger partial charge in [0.1, 0.15) is 11.0 Å². The molecule has 1 aliphatic rings. The first-order valence-corrected chi connectivity index (χ1v) is 7.03. The van der Waals surface area contributed by atoms with Gasteiger partial charge < -0.3 is 9.88 Å². The average Bonchev–Trinajstić information content (AvgIpc) is 2.71. The van der Waals surface area contributed by atoms with Gasteiger partial charge in [0.05, 0.1) is 12.7 Å². The first-order valence-electron chi connectivity index (χ1n) is 6.65. The van der Waals surface area contributed by atoms with Crippen molar-refractivity contribution in [1.29, 1.82) is 0 Å². The first-order chi connectivity index (χ1) is 8.61. The zero-order chi connectivity index (χ0) is 13.1. The minimum absolute atomic E-state index is 0.671. The summed E-state index contributed by atoms with van der Waals surface area (Å²) in [6.45, 7) is 0.873. The van der Waals surface area contributed by atoms with Crippen LogP contribution in [-0.2, 0) is 13.6 Å². The summed E-state index contributed by atoms with van der Waals surface area (Å²) in [5.41, 5.74) is 0. The highest BCUT2D eigenvalue weighted by atomic mass is 35.5. The Morgan fingerprint density at radius 1 is 1.44 bits per heavy atom. The van der Waals surface area contributed by atoms with E-state index in [1.807, 2.05) is 11.6 Å². The number of aromatic nitrogens is 2. The number of hydrogen-bond donors (Lipinski definition) is 1. The second-order valence-corrected chi connectivity index (χ2v) is 5.65. The molecule has 0 radical (unpaired) electrons. The van der Waals surface area contributed by atoms with Crippen LogP contribution in [0.2, 0.25) is 5.15 Å². The van der Waals surface area contributed by atoms with E-state index in [0.717, 1.165) is 12.4 Å². The molecule has 0 bridgehead atoms. The number of hydrogen-bond acceptors (Lipinski definition) is 3. The lowest BCUT2D eigenvalue weighted by molar-refractivity contribution is 0.165. The minimum Gasteiger partial charge on any atom is -0.321 e. The molecular weight excluding hydrogens is 248 g/mol. The molecule has 18 heavy (non-hydrogen) atoms. The molecule has 1 aromatic heterocycles. The van der Waals surface area contributed by atoms with E-state index in [9.17, 15) is 0 Å². The fourth-order valence-electron chi connectivity index (χ4n) is 2.73. The zero-order valence-corrected chi connectivity index (χ0v) is 12.2. The van der Waals surface area contributed by atoms with Gasteiger partial charge in [-0.1, -0.05) is 11.6 Å². The summed E-state index contributed by atoms with van der Waals surface area (Å²) in [7, 11) is 6.22. The normalized spacial score (nSPS) is 24.7. The van der Waals surface area contributed by atoms with E-state index < -0.39 is 0 Å². The van der Waals surface area contributed by atoms with E-state index in [1.165, 1.54) is 25.7 Å². The number of imidazole rings is 1. The number of nitrogens with zero attached hydrogens (tertiary/aromatic N) is 3. The first kappa shape index (κ1) is 13.8. The standard InChI is InChI=1S/C13H23ClN4/c1-15-10-4-6-11(7-5-10)17(2)9-13-16-8-12(14)18(13)3/h8,10-11,15H,4-7,9H2,1-3H3. The van der Waals surface area contributed by atoms with E-state index in [1.54, 1.807) is 6.20 Å². The predicted molar refractivity (Wildman–Crippen MR) is 74.8 cm³/mol. The zero-order valence-electron chi connectivity index (χ0n) is 11.5. The van der Waals surface area contributed by atoms with Gasteiger partial charge in [0.15, 0.2) is 0 Å². The van der Waals surface area contributed by atoms with Crippen LogP contribution in [0.4, 0.5) is 0 Å². The van der Waals surface area contributed by atoms with Gasteiger partial charge in [-0.15, -0.1) is 0 Å². The second-order valence-electron chi connectivity index (χ2n) is 5.27. The van der Waals surface area contributed by atoms with Crippen LogP contribution in [0.5, 0.6) is 0 Å². The van der Waals surface area contributed by atoms with Gasteiger partial charge in [0.2, 0.25) is 0 Å². The molecule has 1 N–H and O–H groups in total. The van der Waals surface area contributed by atoms with Crippen molar-refractivity contribution in [2.45, 2.75) is 44.3 Å². The van der Waals surface area contributed by atoms with Crippen molar-refractivity contribution in [3.8, 4) is 0 Å². The van der Waals surface area contributed by atoms with Gasteiger partial charge in [0, 0.05) is 19.1 Å². The van der Waals surface area contributed by atoms with E-state index in [2.05, 4.69) is 29.3 Å². The Labute approximate surface area is 114 Å². The van der Waals surface area contributed by atoms with Crippen LogP contribution in [-0.4, -0.2) is 40.6 Å². The molecule has 1 heterocycles. The third-order valence-corrected chi connectivity index (χ3v) is 4.50. The van der Waals surface area contributed by atoms with Gasteiger partial charge in [-0.25, -0.2) is 4.98 Å². The highest BCUT2D eigenvalue weighted by Gasteiger charge is 2.23. The molecule has 0 aliphatic heterocycles. The SMILES string of the molecule is CNC1CCC(N(C)Cc2ncc(Cl)n2C)CC1. The Hall–Kier alpha value is -0.580. The fraction of sp³-hybridized carbons (Fsp3) is 0.769. The van der Waals surface area contributed by atoms with Crippen LogP contribution in [0.3, 0.4) is 0 Å². The summed E-state index contributed by atoms with van der Waals surface area (Å²) in [6, 6.07) is 1.38. The molecule has 1 fully saturated rings. The Kier molecular flexibility index (Phi) is 4.65. The van der Waals surface area contributed by atoms with Crippen molar-refractivity contribution in [2.75, 3.05) is 14.1 Å².